The van der Waals surface area contributed by atoms with E-state index in [1.807, 2.05) is 0 Å². The summed E-state index contributed by atoms with van der Waals surface area (Å²) in [6.07, 6.45) is 6.66. The number of carbonyl (C=O) groups is 1. The van der Waals surface area contributed by atoms with E-state index in [4.69, 9.17) is 4.98 Å². The largest absolute Gasteiger partial charge is 0.351 e. The number of imidazole rings is 1. The summed E-state index contributed by atoms with van der Waals surface area (Å²) in [6.45, 7) is 1.44. The monoisotopic (exact) mass is 356 g/mol. The van der Waals surface area contributed by atoms with Crippen LogP contribution in [0.5, 0.6) is 0 Å². The summed E-state index contributed by atoms with van der Waals surface area (Å²) in [5.74, 6) is 0.654. The van der Waals surface area contributed by atoms with Crippen LogP contribution in [0, 0.1) is 5.82 Å². The average molecular weight is 356 g/mol. The van der Waals surface area contributed by atoms with Gasteiger partial charge in [-0.2, -0.15) is 0 Å². The Balaban J connectivity index is 1.37. The Bertz CT molecular complexity index is 764. The van der Waals surface area contributed by atoms with Crippen LogP contribution >= 0.6 is 0 Å². The van der Waals surface area contributed by atoms with Crippen molar-refractivity contribution in [2.75, 3.05) is 13.1 Å². The van der Waals surface area contributed by atoms with Gasteiger partial charge in [0, 0.05) is 17.8 Å². The fraction of sp³-hybridized carbons (Fsp3) is 0.500. The van der Waals surface area contributed by atoms with E-state index in [9.17, 15) is 9.18 Å². The molecule has 5 nitrogen and oxygen atoms in total. The summed E-state index contributed by atoms with van der Waals surface area (Å²) < 4.78 is 13.7. The van der Waals surface area contributed by atoms with Crippen LogP contribution in [0.1, 0.15) is 54.5 Å². The van der Waals surface area contributed by atoms with Crippen LogP contribution in [0.15, 0.2) is 24.3 Å². The maximum atomic E-state index is 13.7. The first-order chi connectivity index (χ1) is 12.7. The zero-order valence-electron chi connectivity index (χ0n) is 14.9. The van der Waals surface area contributed by atoms with Crippen LogP contribution in [0.2, 0.25) is 0 Å². The first-order valence-corrected chi connectivity index (χ1v) is 9.52. The van der Waals surface area contributed by atoms with Gasteiger partial charge in [-0.25, -0.2) is 9.37 Å². The van der Waals surface area contributed by atoms with Gasteiger partial charge in [0.1, 0.15) is 11.6 Å². The number of halogens is 1. The number of aromatic amines is 1. The Hall–Kier alpha value is -2.21. The van der Waals surface area contributed by atoms with Gasteiger partial charge in [0.2, 0.25) is 5.91 Å². The second-order valence-corrected chi connectivity index (χ2v) is 7.25. The van der Waals surface area contributed by atoms with Gasteiger partial charge < -0.3 is 10.3 Å². The Kier molecular flexibility index (Phi) is 5.02. The van der Waals surface area contributed by atoms with Gasteiger partial charge in [-0.1, -0.05) is 18.2 Å². The molecule has 1 atom stereocenters. The molecule has 0 radical (unpaired) electrons. The predicted octanol–water partition coefficient (Wildman–Crippen LogP) is 2.88. The Morgan fingerprint density at radius 2 is 2.12 bits per heavy atom. The van der Waals surface area contributed by atoms with Crippen LogP contribution < -0.4 is 5.32 Å². The second-order valence-electron chi connectivity index (χ2n) is 7.25. The van der Waals surface area contributed by atoms with Gasteiger partial charge in [0.05, 0.1) is 18.3 Å². The van der Waals surface area contributed by atoms with Gasteiger partial charge in [0.15, 0.2) is 0 Å². The molecule has 2 aromatic rings. The summed E-state index contributed by atoms with van der Waals surface area (Å²) in [5.41, 5.74) is 3.00. The van der Waals surface area contributed by atoms with E-state index in [0.29, 0.717) is 12.1 Å². The number of rotatable bonds is 5. The van der Waals surface area contributed by atoms with Crippen molar-refractivity contribution in [1.82, 2.24) is 20.2 Å². The lowest BCUT2D eigenvalue weighted by molar-refractivity contribution is -0.122. The zero-order chi connectivity index (χ0) is 17.9. The van der Waals surface area contributed by atoms with Gasteiger partial charge in [-0.05, 0) is 51.1 Å². The van der Waals surface area contributed by atoms with Crippen LogP contribution in [0.3, 0.4) is 0 Å². The van der Waals surface area contributed by atoms with Crippen molar-refractivity contribution in [1.29, 1.82) is 0 Å². The smallest absolute Gasteiger partial charge is 0.234 e. The number of nitrogens with one attached hydrogen (secondary N) is 2. The van der Waals surface area contributed by atoms with E-state index in [2.05, 4.69) is 15.2 Å². The maximum Gasteiger partial charge on any atom is 0.234 e. The number of benzene rings is 1. The molecule has 1 saturated heterocycles. The van der Waals surface area contributed by atoms with E-state index in [0.717, 1.165) is 38.1 Å². The number of aromatic nitrogens is 2. The maximum absolute atomic E-state index is 13.7. The number of likely N-dealkylation sites (tertiary alicyclic amines) is 1. The topological polar surface area (TPSA) is 61.0 Å². The quantitative estimate of drug-likeness (QED) is 0.866. The average Bonchev–Trinajstić information content (AvgIpc) is 3.27. The summed E-state index contributed by atoms with van der Waals surface area (Å²) in [4.78, 5) is 22.9. The van der Waals surface area contributed by atoms with Gasteiger partial charge in [-0.15, -0.1) is 0 Å². The van der Waals surface area contributed by atoms with Crippen molar-refractivity contribution in [2.45, 2.75) is 51.1 Å². The van der Waals surface area contributed by atoms with E-state index >= 15 is 0 Å². The van der Waals surface area contributed by atoms with Crippen molar-refractivity contribution in [3.63, 3.8) is 0 Å². The van der Waals surface area contributed by atoms with Crippen LogP contribution in [-0.2, 0) is 24.2 Å². The third-order valence-electron chi connectivity index (χ3n) is 5.43. The zero-order valence-corrected chi connectivity index (χ0v) is 14.9. The molecule has 1 amide bonds. The summed E-state index contributed by atoms with van der Waals surface area (Å²) in [7, 11) is 0. The molecular formula is C20H25FN4O. The molecule has 0 unspecified atom stereocenters. The predicted molar refractivity (Wildman–Crippen MR) is 97.0 cm³/mol. The highest BCUT2D eigenvalue weighted by Crippen LogP contribution is 2.31. The Morgan fingerprint density at radius 3 is 2.96 bits per heavy atom. The Labute approximate surface area is 153 Å². The van der Waals surface area contributed by atoms with Gasteiger partial charge in [-0.3, -0.25) is 9.69 Å². The standard InChI is InChI=1S/C20H25FN4O/c21-15-7-2-1-6-14(15)12-22-19(26)13-25-11-5-10-18(25)20-23-16-8-3-4-9-17(16)24-20/h1-2,6-7,18H,3-5,8-13H2,(H,22,26)(H,23,24)/t18-/m1/s1. The summed E-state index contributed by atoms with van der Waals surface area (Å²) in [6, 6.07) is 6.72. The molecule has 2 N–H and O–H groups in total. The van der Waals surface area contributed by atoms with Crippen LogP contribution in [0.4, 0.5) is 4.39 Å². The minimum absolute atomic E-state index is 0.0727. The first kappa shape index (κ1) is 17.2. The number of fused-ring (bicyclic) bond motifs is 1. The second kappa shape index (κ2) is 7.58. The molecule has 6 heteroatoms. The SMILES string of the molecule is O=C(CN1CCC[C@@H]1c1nc2c([nH]1)CCCC2)NCc1ccccc1F. The normalized spacial score (nSPS) is 20.1. The molecule has 1 aliphatic carbocycles. The molecular weight excluding hydrogens is 331 g/mol. The fourth-order valence-electron chi connectivity index (χ4n) is 4.03. The third-order valence-corrected chi connectivity index (χ3v) is 5.43. The number of hydrogen-bond donors (Lipinski definition) is 2. The summed E-state index contributed by atoms with van der Waals surface area (Å²) >= 11 is 0. The highest BCUT2D eigenvalue weighted by Gasteiger charge is 2.30. The number of nitrogens with zero attached hydrogens (tertiary/aromatic N) is 2. The molecule has 1 fully saturated rings. The van der Waals surface area contributed by atoms with Gasteiger partial charge >= 0.3 is 0 Å². The molecule has 0 saturated carbocycles. The first-order valence-electron chi connectivity index (χ1n) is 9.52. The molecule has 0 spiro atoms. The molecule has 1 aliphatic heterocycles. The van der Waals surface area contributed by atoms with Crippen molar-refractivity contribution in [2.24, 2.45) is 0 Å². The van der Waals surface area contributed by atoms with Crippen LogP contribution in [0.25, 0.3) is 0 Å². The minimum atomic E-state index is -0.284. The lowest BCUT2D eigenvalue weighted by Crippen LogP contribution is -2.37. The highest BCUT2D eigenvalue weighted by atomic mass is 19.1. The van der Waals surface area contributed by atoms with Crippen molar-refractivity contribution >= 4 is 5.91 Å². The van der Waals surface area contributed by atoms with E-state index in [1.54, 1.807) is 18.2 Å². The minimum Gasteiger partial charge on any atom is -0.351 e. The number of carbonyl (C=O) groups excluding carboxylic acids is 1. The Morgan fingerprint density at radius 1 is 1.27 bits per heavy atom. The number of H-pyrrole nitrogens is 1. The van der Waals surface area contributed by atoms with Gasteiger partial charge in [0.25, 0.3) is 0 Å². The lowest BCUT2D eigenvalue weighted by Gasteiger charge is -2.22. The van der Waals surface area contributed by atoms with E-state index in [1.165, 1.54) is 30.3 Å². The molecule has 138 valence electrons. The molecule has 26 heavy (non-hydrogen) atoms. The van der Waals surface area contributed by atoms with Crippen molar-refractivity contribution in [3.8, 4) is 0 Å². The fourth-order valence-corrected chi connectivity index (χ4v) is 4.03. The molecule has 2 aliphatic rings. The molecule has 1 aromatic heterocycles. The van der Waals surface area contributed by atoms with Crippen LogP contribution in [-0.4, -0.2) is 33.9 Å². The highest BCUT2D eigenvalue weighted by molar-refractivity contribution is 5.78. The molecule has 1 aromatic carbocycles. The number of amides is 1. The van der Waals surface area contributed by atoms with Crippen molar-refractivity contribution < 1.29 is 9.18 Å². The lowest BCUT2D eigenvalue weighted by atomic mass is 10.0. The number of hydrogen-bond acceptors (Lipinski definition) is 3. The summed E-state index contributed by atoms with van der Waals surface area (Å²) in [5, 5.41) is 2.84. The molecule has 0 bridgehead atoms. The van der Waals surface area contributed by atoms with E-state index < -0.39 is 0 Å². The number of aryl methyl sites for hydroxylation is 2. The van der Waals surface area contributed by atoms with Crippen molar-refractivity contribution in [3.05, 3.63) is 52.9 Å². The molecule has 4 rings (SSSR count). The third kappa shape index (κ3) is 3.65. The van der Waals surface area contributed by atoms with E-state index in [-0.39, 0.29) is 24.3 Å². The molecule has 2 heterocycles.